The van der Waals surface area contributed by atoms with Gasteiger partial charge in [0.05, 0.1) is 30.8 Å². The Balaban J connectivity index is 1.52. The predicted octanol–water partition coefficient (Wildman–Crippen LogP) is 3.93. The minimum absolute atomic E-state index is 0.171. The molecule has 2 N–H and O–H groups in total. The summed E-state index contributed by atoms with van der Waals surface area (Å²) < 4.78 is 10.7. The number of hydrogen-bond donors (Lipinski definition) is 2. The molecule has 0 radical (unpaired) electrons. The average Bonchev–Trinajstić information content (AvgIpc) is 3.43. The zero-order chi connectivity index (χ0) is 22.0. The molecule has 31 heavy (non-hydrogen) atoms. The maximum absolute atomic E-state index is 13.2. The molecule has 0 amide bonds. The van der Waals surface area contributed by atoms with E-state index in [4.69, 9.17) is 9.47 Å². The SMILES string of the molecule is COC(=O)C1=C(C)NC(C)=C(C(=O)OCCC2NCc3ccccc32)C1c1cccs1. The highest BCUT2D eigenvalue weighted by Gasteiger charge is 2.38. The number of fused-ring (bicyclic) bond motifs is 1. The van der Waals surface area contributed by atoms with Gasteiger partial charge in [0.15, 0.2) is 0 Å². The first-order chi connectivity index (χ1) is 15.0. The fraction of sp³-hybridized carbons (Fsp3) is 0.333. The van der Waals surface area contributed by atoms with Crippen LogP contribution in [0.5, 0.6) is 0 Å². The number of hydrogen-bond acceptors (Lipinski definition) is 7. The Bertz CT molecular complexity index is 1060. The lowest BCUT2D eigenvalue weighted by molar-refractivity contribution is -0.139. The van der Waals surface area contributed by atoms with Crippen molar-refractivity contribution >= 4 is 23.3 Å². The quantitative estimate of drug-likeness (QED) is 0.666. The molecule has 2 aliphatic rings. The smallest absolute Gasteiger partial charge is 0.336 e. The third-order valence-corrected chi connectivity index (χ3v) is 6.76. The number of nitrogens with one attached hydrogen (secondary N) is 2. The molecule has 0 saturated heterocycles. The van der Waals surface area contributed by atoms with Crippen molar-refractivity contribution in [3.63, 3.8) is 0 Å². The maximum atomic E-state index is 13.2. The fourth-order valence-corrected chi connectivity index (χ4v) is 5.21. The molecule has 0 bridgehead atoms. The van der Waals surface area contributed by atoms with Crippen molar-refractivity contribution in [2.45, 2.75) is 38.8 Å². The number of ether oxygens (including phenoxy) is 2. The summed E-state index contributed by atoms with van der Waals surface area (Å²) in [4.78, 5) is 26.7. The fourth-order valence-electron chi connectivity index (χ4n) is 4.37. The molecule has 1 aromatic carbocycles. The van der Waals surface area contributed by atoms with Crippen molar-refractivity contribution in [3.05, 3.63) is 80.3 Å². The summed E-state index contributed by atoms with van der Waals surface area (Å²) in [7, 11) is 1.35. The molecule has 0 spiro atoms. The largest absolute Gasteiger partial charge is 0.466 e. The van der Waals surface area contributed by atoms with Gasteiger partial charge in [-0.15, -0.1) is 11.3 Å². The molecule has 7 heteroatoms. The topological polar surface area (TPSA) is 76.7 Å². The Kier molecular flexibility index (Phi) is 6.25. The molecule has 1 aromatic heterocycles. The zero-order valence-corrected chi connectivity index (χ0v) is 18.7. The van der Waals surface area contributed by atoms with Crippen LogP contribution in [0, 0.1) is 0 Å². The highest BCUT2D eigenvalue weighted by atomic mass is 32.1. The van der Waals surface area contributed by atoms with Crippen LogP contribution in [-0.4, -0.2) is 25.7 Å². The molecule has 2 atom stereocenters. The van der Waals surface area contributed by atoms with Gasteiger partial charge >= 0.3 is 11.9 Å². The van der Waals surface area contributed by atoms with E-state index >= 15 is 0 Å². The summed E-state index contributed by atoms with van der Waals surface area (Å²) in [6, 6.07) is 12.3. The molecular formula is C24H26N2O4S. The lowest BCUT2D eigenvalue weighted by atomic mass is 9.84. The van der Waals surface area contributed by atoms with Crippen LogP contribution in [0.4, 0.5) is 0 Å². The summed E-state index contributed by atoms with van der Waals surface area (Å²) in [5, 5.41) is 8.56. The molecule has 2 unspecified atom stereocenters. The highest BCUT2D eigenvalue weighted by Crippen LogP contribution is 2.41. The number of allylic oxidation sites excluding steroid dienone is 2. The van der Waals surface area contributed by atoms with Crippen LogP contribution < -0.4 is 10.6 Å². The van der Waals surface area contributed by atoms with Crippen molar-refractivity contribution in [2.24, 2.45) is 0 Å². The van der Waals surface area contributed by atoms with Crippen molar-refractivity contribution in [1.29, 1.82) is 0 Å². The molecule has 6 nitrogen and oxygen atoms in total. The molecule has 0 fully saturated rings. The van der Waals surface area contributed by atoms with Crippen molar-refractivity contribution in [2.75, 3.05) is 13.7 Å². The van der Waals surface area contributed by atoms with Crippen molar-refractivity contribution in [1.82, 2.24) is 10.6 Å². The number of carbonyl (C=O) groups is 2. The molecule has 0 aliphatic carbocycles. The summed E-state index contributed by atoms with van der Waals surface area (Å²) in [6.07, 6.45) is 0.685. The standard InChI is InChI=1S/C24H26N2O4S/c1-14-20(23(27)29-3)22(19-9-6-12-31-19)21(15(2)26-14)24(28)30-11-10-18-17-8-5-4-7-16(17)13-25-18/h4-9,12,18,22,25-26H,10-11,13H2,1-3H3. The van der Waals surface area contributed by atoms with E-state index in [-0.39, 0.29) is 12.6 Å². The van der Waals surface area contributed by atoms with Gasteiger partial charge in [-0.05, 0) is 36.4 Å². The first-order valence-electron chi connectivity index (χ1n) is 10.3. The Morgan fingerprint density at radius 3 is 2.52 bits per heavy atom. The van der Waals surface area contributed by atoms with Gasteiger partial charge in [0.2, 0.25) is 0 Å². The molecule has 3 heterocycles. The Labute approximate surface area is 185 Å². The Morgan fingerprint density at radius 2 is 1.81 bits per heavy atom. The van der Waals surface area contributed by atoms with E-state index in [0.717, 1.165) is 11.4 Å². The van der Waals surface area contributed by atoms with Crippen LogP contribution in [0.2, 0.25) is 0 Å². The Hall–Kier alpha value is -2.90. The lowest BCUT2D eigenvalue weighted by Gasteiger charge is -2.29. The number of benzene rings is 1. The van der Waals surface area contributed by atoms with Crippen LogP contribution in [-0.2, 0) is 25.6 Å². The van der Waals surface area contributed by atoms with E-state index in [2.05, 4.69) is 22.8 Å². The molecule has 4 rings (SSSR count). The summed E-state index contributed by atoms with van der Waals surface area (Å²) in [5.41, 5.74) is 4.82. The second-order valence-corrected chi connectivity index (χ2v) is 8.68. The lowest BCUT2D eigenvalue weighted by Crippen LogP contribution is -2.32. The van der Waals surface area contributed by atoms with Crippen molar-refractivity contribution < 1.29 is 19.1 Å². The van der Waals surface area contributed by atoms with E-state index in [1.807, 2.05) is 43.5 Å². The van der Waals surface area contributed by atoms with Gasteiger partial charge in [-0.25, -0.2) is 9.59 Å². The van der Waals surface area contributed by atoms with Crippen molar-refractivity contribution in [3.8, 4) is 0 Å². The maximum Gasteiger partial charge on any atom is 0.336 e. The van der Waals surface area contributed by atoms with Gasteiger partial charge in [-0.3, -0.25) is 0 Å². The van der Waals surface area contributed by atoms with Crippen LogP contribution >= 0.6 is 11.3 Å². The third kappa shape index (κ3) is 4.16. The predicted molar refractivity (Wildman–Crippen MR) is 119 cm³/mol. The monoisotopic (exact) mass is 438 g/mol. The van der Waals surface area contributed by atoms with E-state index in [0.29, 0.717) is 29.0 Å². The average molecular weight is 439 g/mol. The molecule has 2 aliphatic heterocycles. The number of carbonyl (C=O) groups excluding carboxylic acids is 2. The number of thiophene rings is 1. The first kappa shape index (κ1) is 21.3. The second-order valence-electron chi connectivity index (χ2n) is 7.70. The van der Waals surface area contributed by atoms with Crippen LogP contribution in [0.1, 0.15) is 48.2 Å². The number of methoxy groups -OCH3 is 1. The molecule has 2 aromatic rings. The molecule has 0 saturated carbocycles. The minimum atomic E-state index is -0.508. The number of dihydropyridines is 1. The first-order valence-corrected chi connectivity index (χ1v) is 11.2. The van der Waals surface area contributed by atoms with E-state index in [1.54, 1.807) is 0 Å². The van der Waals surface area contributed by atoms with Gasteiger partial charge in [0, 0.05) is 35.3 Å². The van der Waals surface area contributed by atoms with E-state index < -0.39 is 17.9 Å². The van der Waals surface area contributed by atoms with E-state index in [9.17, 15) is 9.59 Å². The minimum Gasteiger partial charge on any atom is -0.466 e. The third-order valence-electron chi connectivity index (χ3n) is 5.82. The van der Waals surface area contributed by atoms with Crippen LogP contribution in [0.3, 0.4) is 0 Å². The molecule has 162 valence electrons. The number of esters is 2. The summed E-state index contributed by atoms with van der Waals surface area (Å²) in [6.45, 7) is 4.77. The van der Waals surface area contributed by atoms with Gasteiger partial charge < -0.3 is 20.1 Å². The summed E-state index contributed by atoms with van der Waals surface area (Å²) in [5.74, 6) is -1.37. The highest BCUT2D eigenvalue weighted by molar-refractivity contribution is 7.10. The van der Waals surface area contributed by atoms with Gasteiger partial charge in [-0.2, -0.15) is 0 Å². The van der Waals surface area contributed by atoms with Crippen LogP contribution in [0.15, 0.2) is 64.3 Å². The van der Waals surface area contributed by atoms with Gasteiger partial charge in [0.25, 0.3) is 0 Å². The zero-order valence-electron chi connectivity index (χ0n) is 17.9. The normalized spacial score (nSPS) is 20.4. The van der Waals surface area contributed by atoms with Crippen LogP contribution in [0.25, 0.3) is 0 Å². The number of rotatable bonds is 6. The van der Waals surface area contributed by atoms with Gasteiger partial charge in [0.1, 0.15) is 0 Å². The molecular weight excluding hydrogens is 412 g/mol. The van der Waals surface area contributed by atoms with E-state index in [1.165, 1.54) is 29.6 Å². The second kappa shape index (κ2) is 9.08. The summed E-state index contributed by atoms with van der Waals surface area (Å²) >= 11 is 1.50. The Morgan fingerprint density at radius 1 is 1.06 bits per heavy atom. The van der Waals surface area contributed by atoms with Gasteiger partial charge in [-0.1, -0.05) is 30.3 Å².